The molecule has 0 unspecified atom stereocenters. The van der Waals surface area contributed by atoms with Crippen LogP contribution in [0.2, 0.25) is 0 Å². The third-order valence-electron chi connectivity index (χ3n) is 13.0. The van der Waals surface area contributed by atoms with Gasteiger partial charge in [0.1, 0.15) is 0 Å². The molecule has 0 bridgehead atoms. The Morgan fingerprint density at radius 2 is 0.698 bits per heavy atom. The van der Waals surface area contributed by atoms with Crippen molar-refractivity contribution in [2.45, 2.75) is 5.41 Å². The summed E-state index contributed by atoms with van der Waals surface area (Å²) >= 11 is 1.86. The lowest BCUT2D eigenvalue weighted by molar-refractivity contribution is 0.768. The predicted octanol–water partition coefficient (Wildman–Crippen LogP) is 16.9. The molecule has 296 valence electrons. The van der Waals surface area contributed by atoms with Gasteiger partial charge in [-0.1, -0.05) is 200 Å². The molecule has 2 heteroatoms. The van der Waals surface area contributed by atoms with Crippen LogP contribution >= 0.6 is 11.3 Å². The van der Waals surface area contributed by atoms with Crippen LogP contribution in [0.25, 0.3) is 64.7 Å². The van der Waals surface area contributed by atoms with E-state index in [4.69, 9.17) is 0 Å². The molecular weight excluding hydrogens is 779 g/mol. The quantitative estimate of drug-likeness (QED) is 0.148. The SMILES string of the molecule is c1ccc(-c2ccc(-c3ccc(N(c4ccc(-c5cccc6sc7ccccc7c56)cc4)c4ccc(C5(c6ccccc6)c6ccccc6-c6ccccc65)cc4)cc3)cc2)cc1. The maximum atomic E-state index is 2.39. The zero-order chi connectivity index (χ0) is 41.7. The first-order valence-corrected chi connectivity index (χ1v) is 22.5. The van der Waals surface area contributed by atoms with Crippen molar-refractivity contribution in [2.75, 3.05) is 4.90 Å². The largest absolute Gasteiger partial charge is 0.311 e. The van der Waals surface area contributed by atoms with Gasteiger partial charge in [0.25, 0.3) is 0 Å². The fourth-order valence-electron chi connectivity index (χ4n) is 10.1. The standard InChI is InChI=1S/C61H41NS/c1-3-14-42(15-4-1)43-26-28-44(29-27-43)45-30-36-49(37-31-45)62(50-38-32-46(33-39-50)52-21-13-25-59-60(52)55-20-9-12-24-58(55)63-59)51-40-34-48(35-41-51)61(47-16-5-2-6-17-47)56-22-10-7-18-53(56)54-19-8-11-23-57(54)61/h1-41H. The van der Waals surface area contributed by atoms with Gasteiger partial charge in [0, 0.05) is 37.2 Å². The second kappa shape index (κ2) is 15.3. The zero-order valence-electron chi connectivity index (χ0n) is 34.5. The van der Waals surface area contributed by atoms with Crippen LogP contribution < -0.4 is 4.90 Å². The third-order valence-corrected chi connectivity index (χ3v) is 14.1. The number of benzene rings is 10. The Bertz CT molecular complexity index is 3360. The highest BCUT2D eigenvalue weighted by Gasteiger charge is 2.45. The Kier molecular flexibility index (Phi) is 8.98. The molecule has 0 radical (unpaired) electrons. The van der Waals surface area contributed by atoms with Gasteiger partial charge in [0.2, 0.25) is 0 Å². The lowest BCUT2D eigenvalue weighted by Gasteiger charge is -2.34. The molecule has 10 aromatic carbocycles. The second-order valence-electron chi connectivity index (χ2n) is 16.4. The van der Waals surface area contributed by atoms with Gasteiger partial charge in [-0.3, -0.25) is 0 Å². The van der Waals surface area contributed by atoms with Gasteiger partial charge < -0.3 is 4.90 Å². The lowest BCUT2D eigenvalue weighted by Crippen LogP contribution is -2.28. The molecule has 0 amide bonds. The van der Waals surface area contributed by atoms with Crippen LogP contribution in [0.1, 0.15) is 22.3 Å². The van der Waals surface area contributed by atoms with Crippen LogP contribution in [0.5, 0.6) is 0 Å². The van der Waals surface area contributed by atoms with E-state index in [9.17, 15) is 0 Å². The Balaban J connectivity index is 0.969. The fraction of sp³-hybridized carbons (Fsp3) is 0.0164. The van der Waals surface area contributed by atoms with Crippen molar-refractivity contribution in [3.8, 4) is 44.5 Å². The number of hydrogen-bond donors (Lipinski definition) is 0. The van der Waals surface area contributed by atoms with Crippen LogP contribution in [-0.4, -0.2) is 0 Å². The number of hydrogen-bond acceptors (Lipinski definition) is 2. The number of anilines is 3. The Labute approximate surface area is 372 Å². The highest BCUT2D eigenvalue weighted by Crippen LogP contribution is 2.56. The van der Waals surface area contributed by atoms with Crippen LogP contribution in [-0.2, 0) is 5.41 Å². The second-order valence-corrected chi connectivity index (χ2v) is 17.5. The van der Waals surface area contributed by atoms with E-state index in [1.54, 1.807) is 0 Å². The predicted molar refractivity (Wildman–Crippen MR) is 268 cm³/mol. The van der Waals surface area contributed by atoms with Gasteiger partial charge in [-0.2, -0.15) is 0 Å². The van der Waals surface area contributed by atoms with E-state index in [0.717, 1.165) is 17.1 Å². The van der Waals surface area contributed by atoms with E-state index in [1.807, 2.05) is 11.3 Å². The molecule has 0 aliphatic heterocycles. The molecule has 0 atom stereocenters. The minimum Gasteiger partial charge on any atom is -0.311 e. The number of rotatable bonds is 8. The summed E-state index contributed by atoms with van der Waals surface area (Å²) in [6, 6.07) is 91.3. The first-order valence-electron chi connectivity index (χ1n) is 21.7. The van der Waals surface area contributed by atoms with Crippen molar-refractivity contribution < 1.29 is 0 Å². The summed E-state index contributed by atoms with van der Waals surface area (Å²) in [5, 5.41) is 2.64. The van der Waals surface area contributed by atoms with Gasteiger partial charge in [-0.25, -0.2) is 0 Å². The minimum atomic E-state index is -0.454. The van der Waals surface area contributed by atoms with Crippen molar-refractivity contribution in [1.29, 1.82) is 0 Å². The molecule has 1 aromatic heterocycles. The summed E-state index contributed by atoms with van der Waals surface area (Å²) in [5.74, 6) is 0. The monoisotopic (exact) mass is 819 g/mol. The summed E-state index contributed by atoms with van der Waals surface area (Å²) in [5.41, 5.74) is 17.9. The number of thiophene rings is 1. The van der Waals surface area contributed by atoms with Crippen LogP contribution in [0, 0.1) is 0 Å². The molecule has 11 aromatic rings. The third kappa shape index (κ3) is 6.14. The Hall–Kier alpha value is -7.78. The van der Waals surface area contributed by atoms with Gasteiger partial charge >= 0.3 is 0 Å². The van der Waals surface area contributed by atoms with Crippen molar-refractivity contribution in [1.82, 2.24) is 0 Å². The summed E-state index contributed by atoms with van der Waals surface area (Å²) in [7, 11) is 0. The number of fused-ring (bicyclic) bond motifs is 6. The molecule has 0 fully saturated rings. The summed E-state index contributed by atoms with van der Waals surface area (Å²) in [6.45, 7) is 0. The molecule has 63 heavy (non-hydrogen) atoms. The van der Waals surface area contributed by atoms with E-state index < -0.39 is 5.41 Å². The van der Waals surface area contributed by atoms with Gasteiger partial charge in [-0.05, 0) is 115 Å². The Morgan fingerprint density at radius 1 is 0.286 bits per heavy atom. The molecule has 0 N–H and O–H groups in total. The smallest absolute Gasteiger partial charge is 0.0713 e. The highest BCUT2D eigenvalue weighted by atomic mass is 32.1. The van der Waals surface area contributed by atoms with Crippen LogP contribution in [0.4, 0.5) is 17.1 Å². The molecule has 0 spiro atoms. The molecule has 1 nitrogen and oxygen atoms in total. The lowest BCUT2D eigenvalue weighted by atomic mass is 9.68. The summed E-state index contributed by atoms with van der Waals surface area (Å²) in [6.07, 6.45) is 0. The first-order chi connectivity index (χ1) is 31.2. The van der Waals surface area contributed by atoms with Crippen molar-refractivity contribution in [3.05, 3.63) is 271 Å². The number of nitrogens with zero attached hydrogens (tertiary/aromatic N) is 1. The molecule has 0 saturated heterocycles. The van der Waals surface area contributed by atoms with E-state index in [2.05, 4.69) is 254 Å². The Morgan fingerprint density at radius 3 is 1.30 bits per heavy atom. The maximum absolute atomic E-state index is 2.39. The van der Waals surface area contributed by atoms with E-state index in [0.29, 0.717) is 0 Å². The molecular formula is C61H41NS. The molecule has 1 heterocycles. The normalized spacial score (nSPS) is 12.6. The van der Waals surface area contributed by atoms with Gasteiger partial charge in [-0.15, -0.1) is 11.3 Å². The van der Waals surface area contributed by atoms with Crippen molar-refractivity contribution in [2.24, 2.45) is 0 Å². The van der Waals surface area contributed by atoms with Crippen molar-refractivity contribution in [3.63, 3.8) is 0 Å². The molecule has 0 saturated carbocycles. The molecule has 12 rings (SSSR count). The molecule has 1 aliphatic carbocycles. The summed E-state index contributed by atoms with van der Waals surface area (Å²) in [4.78, 5) is 2.39. The van der Waals surface area contributed by atoms with E-state index in [-0.39, 0.29) is 0 Å². The van der Waals surface area contributed by atoms with Crippen molar-refractivity contribution >= 4 is 48.6 Å². The maximum Gasteiger partial charge on any atom is 0.0713 e. The average Bonchev–Trinajstić information content (AvgIpc) is 3.90. The van der Waals surface area contributed by atoms with Gasteiger partial charge in [0.05, 0.1) is 5.41 Å². The highest BCUT2D eigenvalue weighted by molar-refractivity contribution is 7.25. The van der Waals surface area contributed by atoms with Crippen LogP contribution in [0.15, 0.2) is 249 Å². The van der Waals surface area contributed by atoms with E-state index >= 15 is 0 Å². The first kappa shape index (κ1) is 37.0. The fourth-order valence-corrected chi connectivity index (χ4v) is 11.2. The van der Waals surface area contributed by atoms with E-state index in [1.165, 1.54) is 86.9 Å². The topological polar surface area (TPSA) is 3.24 Å². The summed E-state index contributed by atoms with van der Waals surface area (Å²) < 4.78 is 2.63. The molecule has 1 aliphatic rings. The van der Waals surface area contributed by atoms with Gasteiger partial charge in [0.15, 0.2) is 0 Å². The van der Waals surface area contributed by atoms with Crippen LogP contribution in [0.3, 0.4) is 0 Å². The zero-order valence-corrected chi connectivity index (χ0v) is 35.3. The minimum absolute atomic E-state index is 0.454. The average molecular weight is 820 g/mol.